The minimum Gasteiger partial charge on any atom is -0.465 e. The van der Waals surface area contributed by atoms with Gasteiger partial charge in [-0.1, -0.05) is 18.2 Å². The van der Waals surface area contributed by atoms with Crippen LogP contribution in [-0.2, 0) is 16.6 Å². The third-order valence-corrected chi connectivity index (χ3v) is 4.26. The Kier molecular flexibility index (Phi) is 6.94. The number of thioether (sulfide) groups is 1. The SMILES string of the molecule is CCOC(=O)C(C)(CCCCSc1nnnn1C)NC. The van der Waals surface area contributed by atoms with Crippen molar-refractivity contribution in [3.05, 3.63) is 0 Å². The zero-order valence-electron chi connectivity index (χ0n) is 12.5. The van der Waals surface area contributed by atoms with Gasteiger partial charge in [0.15, 0.2) is 0 Å². The quantitative estimate of drug-likeness (QED) is 0.414. The number of nitrogens with one attached hydrogen (secondary N) is 1. The van der Waals surface area contributed by atoms with E-state index in [4.69, 9.17) is 4.74 Å². The Hall–Kier alpha value is -1.15. The van der Waals surface area contributed by atoms with E-state index in [-0.39, 0.29) is 5.97 Å². The summed E-state index contributed by atoms with van der Waals surface area (Å²) < 4.78 is 6.75. The summed E-state index contributed by atoms with van der Waals surface area (Å²) in [6.45, 7) is 4.11. The van der Waals surface area contributed by atoms with Crippen LogP contribution in [0.5, 0.6) is 0 Å². The van der Waals surface area contributed by atoms with Crippen LogP contribution in [0.15, 0.2) is 5.16 Å². The van der Waals surface area contributed by atoms with E-state index in [0.29, 0.717) is 6.61 Å². The fourth-order valence-corrected chi connectivity index (χ4v) is 2.56. The maximum absolute atomic E-state index is 11.9. The summed E-state index contributed by atoms with van der Waals surface area (Å²) in [6.07, 6.45) is 2.68. The number of hydrogen-bond acceptors (Lipinski definition) is 7. The lowest BCUT2D eigenvalue weighted by Crippen LogP contribution is -2.48. The van der Waals surface area contributed by atoms with Crippen molar-refractivity contribution in [3.63, 3.8) is 0 Å². The van der Waals surface area contributed by atoms with E-state index in [2.05, 4.69) is 20.8 Å². The molecule has 1 aromatic heterocycles. The topological polar surface area (TPSA) is 81.9 Å². The van der Waals surface area contributed by atoms with Crippen LogP contribution >= 0.6 is 11.8 Å². The second-order valence-electron chi connectivity index (χ2n) is 4.69. The van der Waals surface area contributed by atoms with Gasteiger partial charge < -0.3 is 10.1 Å². The Morgan fingerprint density at radius 1 is 1.50 bits per heavy atom. The zero-order valence-corrected chi connectivity index (χ0v) is 13.4. The molecule has 1 aromatic rings. The molecule has 8 heteroatoms. The van der Waals surface area contributed by atoms with Gasteiger partial charge >= 0.3 is 5.97 Å². The van der Waals surface area contributed by atoms with Crippen LogP contribution in [0.1, 0.15) is 33.1 Å². The number of aromatic nitrogens is 4. The summed E-state index contributed by atoms with van der Waals surface area (Å²) in [5.41, 5.74) is -0.604. The lowest BCUT2D eigenvalue weighted by molar-refractivity contribution is -0.150. The molecule has 7 nitrogen and oxygen atoms in total. The van der Waals surface area contributed by atoms with Crippen LogP contribution in [0.25, 0.3) is 0 Å². The summed E-state index contributed by atoms with van der Waals surface area (Å²) >= 11 is 1.62. The highest BCUT2D eigenvalue weighted by Gasteiger charge is 2.32. The summed E-state index contributed by atoms with van der Waals surface area (Å²) in [5, 5.41) is 15.1. The number of nitrogens with zero attached hydrogens (tertiary/aromatic N) is 4. The number of unbranched alkanes of at least 4 members (excludes halogenated alkanes) is 1. The molecule has 0 amide bonds. The molecule has 1 heterocycles. The number of tetrazole rings is 1. The van der Waals surface area contributed by atoms with Crippen molar-refractivity contribution in [2.24, 2.45) is 7.05 Å². The first-order valence-corrected chi connectivity index (χ1v) is 7.73. The number of hydrogen-bond donors (Lipinski definition) is 1. The third-order valence-electron chi connectivity index (χ3n) is 3.16. The van der Waals surface area contributed by atoms with Crippen LogP contribution in [0.2, 0.25) is 0 Å². The first kappa shape index (κ1) is 16.9. The highest BCUT2D eigenvalue weighted by molar-refractivity contribution is 7.99. The minimum atomic E-state index is -0.604. The highest BCUT2D eigenvalue weighted by Crippen LogP contribution is 2.19. The molecule has 1 unspecified atom stereocenters. The van der Waals surface area contributed by atoms with Gasteiger partial charge in [-0.25, -0.2) is 4.68 Å². The largest absolute Gasteiger partial charge is 0.465 e. The van der Waals surface area contributed by atoms with E-state index < -0.39 is 5.54 Å². The number of rotatable bonds is 9. The first-order valence-electron chi connectivity index (χ1n) is 6.74. The monoisotopic (exact) mass is 301 g/mol. The number of likely N-dealkylation sites (N-methyl/N-ethyl adjacent to an activating group) is 1. The van der Waals surface area contributed by atoms with Gasteiger partial charge in [-0.3, -0.25) is 4.79 Å². The Morgan fingerprint density at radius 3 is 2.80 bits per heavy atom. The van der Waals surface area contributed by atoms with Crippen LogP contribution in [0.3, 0.4) is 0 Å². The van der Waals surface area contributed by atoms with Crippen molar-refractivity contribution in [1.29, 1.82) is 0 Å². The van der Waals surface area contributed by atoms with Crippen LogP contribution in [-0.4, -0.2) is 51.1 Å². The summed E-state index contributed by atoms with van der Waals surface area (Å²) in [5.74, 6) is 0.740. The Balaban J connectivity index is 2.28. The van der Waals surface area contributed by atoms with Gasteiger partial charge in [-0.15, -0.1) is 5.10 Å². The lowest BCUT2D eigenvalue weighted by atomic mass is 9.95. The second kappa shape index (κ2) is 8.21. The predicted octanol–water partition coefficient (Wildman–Crippen LogP) is 1.01. The molecule has 0 aliphatic rings. The Labute approximate surface area is 123 Å². The normalized spacial score (nSPS) is 14.0. The van der Waals surface area contributed by atoms with Crippen molar-refractivity contribution in [1.82, 2.24) is 25.5 Å². The van der Waals surface area contributed by atoms with Gasteiger partial charge in [0.2, 0.25) is 5.16 Å². The van der Waals surface area contributed by atoms with Crippen molar-refractivity contribution < 1.29 is 9.53 Å². The molecule has 1 N–H and O–H groups in total. The van der Waals surface area contributed by atoms with Gasteiger partial charge in [0.1, 0.15) is 5.54 Å². The zero-order chi connectivity index (χ0) is 15.0. The average molecular weight is 301 g/mol. The van der Waals surface area contributed by atoms with Crippen LogP contribution in [0.4, 0.5) is 0 Å². The highest BCUT2D eigenvalue weighted by atomic mass is 32.2. The van der Waals surface area contributed by atoms with Crippen LogP contribution in [0, 0.1) is 0 Å². The maximum atomic E-state index is 11.9. The molecule has 0 aliphatic carbocycles. The molecule has 0 spiro atoms. The minimum absolute atomic E-state index is 0.187. The lowest BCUT2D eigenvalue weighted by Gasteiger charge is -2.26. The van der Waals surface area contributed by atoms with E-state index in [1.54, 1.807) is 23.5 Å². The standard InChI is InChI=1S/C12H23N5O2S/c1-5-19-10(18)12(2,13-3)8-6-7-9-20-11-14-15-16-17(11)4/h13H,5-9H2,1-4H3. The average Bonchev–Trinajstić information content (AvgIpc) is 2.84. The van der Waals surface area contributed by atoms with Crippen molar-refractivity contribution in [3.8, 4) is 0 Å². The molecule has 0 bridgehead atoms. The van der Waals surface area contributed by atoms with E-state index in [0.717, 1.165) is 30.2 Å². The maximum Gasteiger partial charge on any atom is 0.326 e. The number of carbonyl (C=O) groups is 1. The third kappa shape index (κ3) is 4.75. The van der Waals surface area contributed by atoms with Crippen molar-refractivity contribution >= 4 is 17.7 Å². The molecule has 1 atom stereocenters. The smallest absolute Gasteiger partial charge is 0.326 e. The molecule has 0 aliphatic heterocycles. The van der Waals surface area contributed by atoms with E-state index in [1.807, 2.05) is 20.9 Å². The van der Waals surface area contributed by atoms with Gasteiger partial charge in [0, 0.05) is 12.8 Å². The fraction of sp³-hybridized carbons (Fsp3) is 0.833. The summed E-state index contributed by atoms with van der Waals surface area (Å²) in [4.78, 5) is 11.9. The Morgan fingerprint density at radius 2 is 2.25 bits per heavy atom. The molecule has 0 saturated heterocycles. The molecular formula is C12H23N5O2S. The van der Waals surface area contributed by atoms with Gasteiger partial charge in [-0.2, -0.15) is 0 Å². The molecule has 0 fully saturated rings. The Bertz CT molecular complexity index is 426. The van der Waals surface area contributed by atoms with Crippen molar-refractivity contribution in [2.75, 3.05) is 19.4 Å². The first-order chi connectivity index (χ1) is 9.53. The number of carbonyl (C=O) groups excluding carboxylic acids is 1. The molecule has 0 radical (unpaired) electrons. The van der Waals surface area contributed by atoms with Crippen molar-refractivity contribution in [2.45, 2.75) is 43.8 Å². The van der Waals surface area contributed by atoms with E-state index >= 15 is 0 Å². The number of aryl methyl sites for hydroxylation is 1. The van der Waals surface area contributed by atoms with E-state index in [9.17, 15) is 4.79 Å². The summed E-state index contributed by atoms with van der Waals surface area (Å²) in [6, 6.07) is 0. The molecule has 0 aromatic carbocycles. The fourth-order valence-electron chi connectivity index (χ4n) is 1.71. The molecule has 114 valence electrons. The second-order valence-corrected chi connectivity index (χ2v) is 5.76. The van der Waals surface area contributed by atoms with Crippen LogP contribution < -0.4 is 5.32 Å². The number of esters is 1. The molecule has 20 heavy (non-hydrogen) atoms. The number of ether oxygens (including phenoxy) is 1. The van der Waals surface area contributed by atoms with Gasteiger partial charge in [0.05, 0.1) is 6.61 Å². The predicted molar refractivity (Wildman–Crippen MR) is 77.5 cm³/mol. The van der Waals surface area contributed by atoms with Gasteiger partial charge in [-0.05, 0) is 44.2 Å². The van der Waals surface area contributed by atoms with E-state index in [1.165, 1.54) is 0 Å². The molecule has 0 saturated carbocycles. The van der Waals surface area contributed by atoms with Gasteiger partial charge in [0.25, 0.3) is 0 Å². The molecule has 1 rings (SSSR count). The summed E-state index contributed by atoms with van der Waals surface area (Å²) in [7, 11) is 3.61. The molecular weight excluding hydrogens is 278 g/mol.